The number of morpholine rings is 1. The van der Waals surface area contributed by atoms with Gasteiger partial charge in [0.1, 0.15) is 0 Å². The minimum absolute atomic E-state index is 0.0751. The van der Waals surface area contributed by atoms with Crippen LogP contribution < -0.4 is 0 Å². The molecule has 1 atom stereocenters. The smallest absolute Gasteiger partial charge is 0.337 e. The van der Waals surface area contributed by atoms with E-state index in [4.69, 9.17) is 9.47 Å². The van der Waals surface area contributed by atoms with Gasteiger partial charge in [0.2, 0.25) is 5.95 Å². The molecule has 2 aromatic carbocycles. The van der Waals surface area contributed by atoms with Crippen LogP contribution in [0.4, 0.5) is 0 Å². The second kappa shape index (κ2) is 10.00. The first-order valence-electron chi connectivity index (χ1n) is 11.3. The quantitative estimate of drug-likeness (QED) is 0.385. The SMILES string of the molecule is COC(=O)c1cccc(-c2cnc(-n3cc(S(C)=O)c4ccc(C(=O)N5CCOCC5)cc43)nc2)c1. The lowest BCUT2D eigenvalue weighted by Gasteiger charge is -2.26. The van der Waals surface area contributed by atoms with Crippen LogP contribution in [0.2, 0.25) is 0 Å². The largest absolute Gasteiger partial charge is 0.465 e. The molecule has 0 aliphatic carbocycles. The number of fused-ring (bicyclic) bond motifs is 1. The molecule has 1 aliphatic rings. The molecule has 2 aromatic heterocycles. The molecule has 0 spiro atoms. The summed E-state index contributed by atoms with van der Waals surface area (Å²) in [4.78, 5) is 36.4. The Morgan fingerprint density at radius 2 is 1.75 bits per heavy atom. The number of esters is 1. The number of carbonyl (C=O) groups excluding carboxylic acids is 2. The van der Waals surface area contributed by atoms with E-state index < -0.39 is 16.8 Å². The van der Waals surface area contributed by atoms with Crippen LogP contribution in [-0.4, -0.2) is 75.2 Å². The van der Waals surface area contributed by atoms with Gasteiger partial charge in [-0.25, -0.2) is 14.8 Å². The zero-order valence-electron chi connectivity index (χ0n) is 19.8. The molecule has 9 nitrogen and oxygen atoms in total. The maximum atomic E-state index is 13.1. The van der Waals surface area contributed by atoms with E-state index in [9.17, 15) is 13.8 Å². The number of ether oxygens (including phenoxy) is 2. The zero-order valence-corrected chi connectivity index (χ0v) is 20.7. The summed E-state index contributed by atoms with van der Waals surface area (Å²) in [6.07, 6.45) is 6.69. The maximum Gasteiger partial charge on any atom is 0.337 e. The average molecular weight is 505 g/mol. The van der Waals surface area contributed by atoms with Crippen LogP contribution in [0.3, 0.4) is 0 Å². The molecule has 0 saturated carbocycles. The first-order valence-corrected chi connectivity index (χ1v) is 12.9. The summed E-state index contributed by atoms with van der Waals surface area (Å²) in [5.41, 5.74) is 3.16. The van der Waals surface area contributed by atoms with E-state index >= 15 is 0 Å². The van der Waals surface area contributed by atoms with Crippen LogP contribution in [0, 0.1) is 0 Å². The Morgan fingerprint density at radius 1 is 1.00 bits per heavy atom. The molecule has 10 heteroatoms. The summed E-state index contributed by atoms with van der Waals surface area (Å²) in [6, 6.07) is 12.4. The summed E-state index contributed by atoms with van der Waals surface area (Å²) in [6.45, 7) is 2.13. The lowest BCUT2D eigenvalue weighted by Crippen LogP contribution is -2.40. The molecule has 36 heavy (non-hydrogen) atoms. The number of nitrogens with zero attached hydrogens (tertiary/aromatic N) is 4. The highest BCUT2D eigenvalue weighted by Crippen LogP contribution is 2.28. The van der Waals surface area contributed by atoms with E-state index in [1.807, 2.05) is 12.1 Å². The Hall–Kier alpha value is -3.89. The molecule has 1 fully saturated rings. The van der Waals surface area contributed by atoms with Crippen LogP contribution in [0.25, 0.3) is 28.0 Å². The van der Waals surface area contributed by atoms with Crippen molar-refractivity contribution in [1.29, 1.82) is 0 Å². The van der Waals surface area contributed by atoms with Gasteiger partial charge >= 0.3 is 5.97 Å². The highest BCUT2D eigenvalue weighted by molar-refractivity contribution is 7.84. The Kier molecular flexibility index (Phi) is 6.62. The molecule has 1 aliphatic heterocycles. The Labute approximate surface area is 210 Å². The van der Waals surface area contributed by atoms with Crippen molar-refractivity contribution in [2.75, 3.05) is 39.7 Å². The summed E-state index contributed by atoms with van der Waals surface area (Å²) in [7, 11) is 0.0867. The first-order chi connectivity index (χ1) is 17.5. The molecule has 0 N–H and O–H groups in total. The van der Waals surface area contributed by atoms with Gasteiger partial charge < -0.3 is 14.4 Å². The maximum absolute atomic E-state index is 13.1. The highest BCUT2D eigenvalue weighted by atomic mass is 32.2. The Bertz CT molecular complexity index is 1480. The van der Waals surface area contributed by atoms with E-state index in [1.54, 1.807) is 64.6 Å². The summed E-state index contributed by atoms with van der Waals surface area (Å²) in [5.74, 6) is -0.120. The molecule has 0 bridgehead atoms. The lowest BCUT2D eigenvalue weighted by molar-refractivity contribution is 0.0303. The van der Waals surface area contributed by atoms with Crippen LogP contribution >= 0.6 is 0 Å². The molecular formula is C26H24N4O5S. The molecule has 1 saturated heterocycles. The third kappa shape index (κ3) is 4.52. The van der Waals surface area contributed by atoms with Gasteiger partial charge in [-0.2, -0.15) is 0 Å². The van der Waals surface area contributed by atoms with Gasteiger partial charge in [-0.05, 0) is 29.8 Å². The van der Waals surface area contributed by atoms with Crippen molar-refractivity contribution in [2.24, 2.45) is 0 Å². The van der Waals surface area contributed by atoms with Gasteiger partial charge in [0.05, 0.1) is 47.1 Å². The van der Waals surface area contributed by atoms with Gasteiger partial charge in [-0.1, -0.05) is 18.2 Å². The normalized spacial score (nSPS) is 14.6. The second-order valence-electron chi connectivity index (χ2n) is 8.30. The number of benzene rings is 2. The van der Waals surface area contributed by atoms with Crippen LogP contribution in [0.5, 0.6) is 0 Å². The number of hydrogen-bond donors (Lipinski definition) is 0. The molecule has 1 unspecified atom stereocenters. The number of aromatic nitrogens is 3. The fraction of sp³-hybridized carbons (Fsp3) is 0.231. The second-order valence-corrected chi connectivity index (χ2v) is 9.65. The number of methoxy groups -OCH3 is 1. The molecule has 184 valence electrons. The number of rotatable bonds is 5. The Balaban J connectivity index is 1.53. The van der Waals surface area contributed by atoms with E-state index in [1.165, 1.54) is 7.11 Å². The van der Waals surface area contributed by atoms with Gasteiger partial charge in [0.15, 0.2) is 0 Å². The van der Waals surface area contributed by atoms with Gasteiger partial charge in [0, 0.05) is 54.4 Å². The molecule has 1 amide bonds. The van der Waals surface area contributed by atoms with Crippen molar-refractivity contribution in [1.82, 2.24) is 19.4 Å². The molecular weight excluding hydrogens is 480 g/mol. The molecule has 0 radical (unpaired) electrons. The van der Waals surface area contributed by atoms with Gasteiger partial charge in [0.25, 0.3) is 5.91 Å². The third-order valence-corrected chi connectivity index (χ3v) is 7.04. The number of amides is 1. The third-order valence-electron chi connectivity index (χ3n) is 6.09. The predicted octanol–water partition coefficient (Wildman–Crippen LogP) is 3.08. The minimum Gasteiger partial charge on any atom is -0.465 e. The van der Waals surface area contributed by atoms with E-state index in [2.05, 4.69) is 9.97 Å². The van der Waals surface area contributed by atoms with Crippen molar-refractivity contribution in [2.45, 2.75) is 4.90 Å². The van der Waals surface area contributed by atoms with E-state index in [0.29, 0.717) is 53.8 Å². The Morgan fingerprint density at radius 3 is 2.44 bits per heavy atom. The molecule has 3 heterocycles. The van der Waals surface area contributed by atoms with Crippen LogP contribution in [0.15, 0.2) is 66.0 Å². The van der Waals surface area contributed by atoms with Crippen molar-refractivity contribution in [3.05, 3.63) is 72.2 Å². The predicted molar refractivity (Wildman–Crippen MR) is 135 cm³/mol. The lowest BCUT2D eigenvalue weighted by atomic mass is 10.1. The summed E-state index contributed by atoms with van der Waals surface area (Å²) in [5, 5.41) is 0.771. The first kappa shape index (κ1) is 23.8. The monoisotopic (exact) mass is 504 g/mol. The summed E-state index contributed by atoms with van der Waals surface area (Å²) < 4.78 is 24.4. The van der Waals surface area contributed by atoms with Crippen LogP contribution in [0.1, 0.15) is 20.7 Å². The van der Waals surface area contributed by atoms with Crippen molar-refractivity contribution >= 4 is 33.6 Å². The highest BCUT2D eigenvalue weighted by Gasteiger charge is 2.21. The van der Waals surface area contributed by atoms with Crippen molar-refractivity contribution in [3.8, 4) is 17.1 Å². The zero-order chi connectivity index (χ0) is 25.2. The topological polar surface area (TPSA) is 104 Å². The number of carbonyl (C=O) groups is 2. The standard InChI is InChI=1S/C26H24N4O5S/c1-34-25(32)19-5-3-4-17(12-19)20-14-27-26(28-15-20)30-16-23(36(2)33)21-7-6-18(13-22(21)30)24(31)29-8-10-35-11-9-29/h3-7,12-16H,8-11H2,1-2H3. The van der Waals surface area contributed by atoms with Crippen LogP contribution in [-0.2, 0) is 20.3 Å². The fourth-order valence-corrected chi connectivity index (χ4v) is 4.95. The summed E-state index contributed by atoms with van der Waals surface area (Å²) >= 11 is 0. The van der Waals surface area contributed by atoms with Gasteiger partial charge in [-0.3, -0.25) is 13.6 Å². The van der Waals surface area contributed by atoms with Crippen molar-refractivity contribution < 1.29 is 23.3 Å². The molecule has 4 aromatic rings. The fourth-order valence-electron chi connectivity index (χ4n) is 4.21. The molecule has 5 rings (SSSR count). The number of hydrogen-bond acceptors (Lipinski definition) is 7. The van der Waals surface area contributed by atoms with E-state index in [0.717, 1.165) is 16.5 Å². The average Bonchev–Trinajstić information content (AvgIpc) is 3.32. The van der Waals surface area contributed by atoms with Gasteiger partial charge in [-0.15, -0.1) is 0 Å². The van der Waals surface area contributed by atoms with E-state index in [-0.39, 0.29) is 5.91 Å². The van der Waals surface area contributed by atoms with Crippen molar-refractivity contribution in [3.63, 3.8) is 0 Å². The minimum atomic E-state index is -1.25.